The van der Waals surface area contributed by atoms with Crippen LogP contribution in [0.15, 0.2) is 59.8 Å². The van der Waals surface area contributed by atoms with Gasteiger partial charge in [-0.05, 0) is 40.3 Å². The standard InChI is InChI=1S/C17H14N4O3S/c22-15(10-12-4-2-1-3-5-12)11-25-17-18-19-20-21(17)14-8-6-13(7-9-14)16(23)24/h1-9H,10-11H2,(H,23,24). The van der Waals surface area contributed by atoms with Gasteiger partial charge in [-0.1, -0.05) is 42.1 Å². The molecule has 0 amide bonds. The highest BCUT2D eigenvalue weighted by atomic mass is 32.2. The number of rotatable bonds is 7. The minimum atomic E-state index is -0.996. The van der Waals surface area contributed by atoms with Crippen LogP contribution in [0.4, 0.5) is 0 Å². The molecule has 0 aliphatic carbocycles. The Morgan fingerprint density at radius 3 is 2.44 bits per heavy atom. The fourth-order valence-corrected chi connectivity index (χ4v) is 2.95. The van der Waals surface area contributed by atoms with Gasteiger partial charge in [0.1, 0.15) is 5.78 Å². The molecule has 0 unspecified atom stereocenters. The normalized spacial score (nSPS) is 10.6. The highest BCUT2D eigenvalue weighted by Gasteiger charge is 2.12. The molecule has 7 nitrogen and oxygen atoms in total. The minimum absolute atomic E-state index is 0.0759. The van der Waals surface area contributed by atoms with E-state index >= 15 is 0 Å². The Morgan fingerprint density at radius 2 is 1.76 bits per heavy atom. The number of tetrazole rings is 1. The van der Waals surface area contributed by atoms with Gasteiger partial charge in [0.05, 0.1) is 17.0 Å². The summed E-state index contributed by atoms with van der Waals surface area (Å²) in [6.45, 7) is 0. The van der Waals surface area contributed by atoms with Gasteiger partial charge in [-0.2, -0.15) is 4.68 Å². The van der Waals surface area contributed by atoms with Gasteiger partial charge in [-0.15, -0.1) is 5.10 Å². The molecule has 2 aromatic carbocycles. The Bertz CT molecular complexity index is 878. The van der Waals surface area contributed by atoms with Crippen LogP contribution in [0.25, 0.3) is 5.69 Å². The number of benzene rings is 2. The van der Waals surface area contributed by atoms with Crippen LogP contribution >= 0.6 is 11.8 Å². The minimum Gasteiger partial charge on any atom is -0.478 e. The molecule has 3 aromatic rings. The summed E-state index contributed by atoms with van der Waals surface area (Å²) in [6.07, 6.45) is 0.364. The Kier molecular flexibility index (Phi) is 5.20. The summed E-state index contributed by atoms with van der Waals surface area (Å²) in [6, 6.07) is 15.7. The second-order valence-electron chi connectivity index (χ2n) is 5.22. The van der Waals surface area contributed by atoms with Crippen molar-refractivity contribution < 1.29 is 14.7 Å². The number of carbonyl (C=O) groups excluding carboxylic acids is 1. The van der Waals surface area contributed by atoms with Crippen LogP contribution in [-0.4, -0.2) is 42.8 Å². The lowest BCUT2D eigenvalue weighted by Gasteiger charge is -2.05. The van der Waals surface area contributed by atoms with Crippen molar-refractivity contribution in [2.75, 3.05) is 5.75 Å². The van der Waals surface area contributed by atoms with Gasteiger partial charge < -0.3 is 5.11 Å². The number of ketones is 1. The number of hydrogen-bond donors (Lipinski definition) is 1. The third-order valence-electron chi connectivity index (χ3n) is 3.41. The lowest BCUT2D eigenvalue weighted by Crippen LogP contribution is -2.07. The first-order valence-corrected chi connectivity index (χ1v) is 8.42. The lowest BCUT2D eigenvalue weighted by molar-refractivity contribution is -0.116. The van der Waals surface area contributed by atoms with Crippen molar-refractivity contribution >= 4 is 23.5 Å². The maximum atomic E-state index is 12.1. The zero-order chi connectivity index (χ0) is 17.6. The van der Waals surface area contributed by atoms with E-state index in [-0.39, 0.29) is 17.1 Å². The summed E-state index contributed by atoms with van der Waals surface area (Å²) in [4.78, 5) is 23.0. The number of aromatic nitrogens is 4. The molecule has 0 saturated heterocycles. The van der Waals surface area contributed by atoms with E-state index < -0.39 is 5.97 Å². The van der Waals surface area contributed by atoms with Gasteiger partial charge in [0.25, 0.3) is 0 Å². The molecule has 8 heteroatoms. The van der Waals surface area contributed by atoms with Crippen LogP contribution in [0, 0.1) is 0 Å². The van der Waals surface area contributed by atoms with Crippen molar-refractivity contribution in [3.05, 3.63) is 65.7 Å². The van der Waals surface area contributed by atoms with Gasteiger partial charge in [-0.3, -0.25) is 4.79 Å². The molecule has 0 aliphatic rings. The Morgan fingerprint density at radius 1 is 1.04 bits per heavy atom. The van der Waals surface area contributed by atoms with Crippen LogP contribution in [0.2, 0.25) is 0 Å². The topological polar surface area (TPSA) is 98.0 Å². The Balaban J connectivity index is 1.65. The maximum absolute atomic E-state index is 12.1. The summed E-state index contributed by atoms with van der Waals surface area (Å²) in [5.41, 5.74) is 1.79. The molecule has 0 bridgehead atoms. The Hall–Kier alpha value is -3.00. The van der Waals surface area contributed by atoms with Gasteiger partial charge >= 0.3 is 5.97 Å². The fraction of sp³-hybridized carbons (Fsp3) is 0.118. The van der Waals surface area contributed by atoms with Crippen molar-refractivity contribution in [1.82, 2.24) is 20.2 Å². The molecule has 0 saturated carbocycles. The van der Waals surface area contributed by atoms with Crippen LogP contribution in [-0.2, 0) is 11.2 Å². The second kappa shape index (κ2) is 7.71. The van der Waals surface area contributed by atoms with Crippen molar-refractivity contribution in [3.8, 4) is 5.69 Å². The molecular formula is C17H14N4O3S. The number of carboxylic acids is 1. The van der Waals surface area contributed by atoms with E-state index in [4.69, 9.17) is 5.11 Å². The van der Waals surface area contributed by atoms with Crippen molar-refractivity contribution in [2.45, 2.75) is 11.6 Å². The second-order valence-corrected chi connectivity index (χ2v) is 6.16. The molecule has 0 aliphatic heterocycles. The summed E-state index contributed by atoms with van der Waals surface area (Å²) >= 11 is 1.25. The molecule has 0 radical (unpaired) electrons. The third kappa shape index (κ3) is 4.30. The predicted molar refractivity (Wildman–Crippen MR) is 92.0 cm³/mol. The monoisotopic (exact) mass is 354 g/mol. The van der Waals surface area contributed by atoms with Crippen LogP contribution in [0.1, 0.15) is 15.9 Å². The van der Waals surface area contributed by atoms with Crippen LogP contribution < -0.4 is 0 Å². The number of nitrogens with zero attached hydrogens (tertiary/aromatic N) is 4. The largest absolute Gasteiger partial charge is 0.478 e. The maximum Gasteiger partial charge on any atom is 0.335 e. The van der Waals surface area contributed by atoms with E-state index in [1.54, 1.807) is 12.1 Å². The molecule has 1 N–H and O–H groups in total. The Labute approximate surface area is 147 Å². The molecule has 25 heavy (non-hydrogen) atoms. The van der Waals surface area contributed by atoms with E-state index in [1.165, 1.54) is 28.6 Å². The summed E-state index contributed by atoms with van der Waals surface area (Å²) in [5, 5.41) is 20.9. The van der Waals surface area contributed by atoms with Gasteiger partial charge in [0.2, 0.25) is 5.16 Å². The molecular weight excluding hydrogens is 340 g/mol. The van der Waals surface area contributed by atoms with Gasteiger partial charge in [0.15, 0.2) is 0 Å². The average molecular weight is 354 g/mol. The molecule has 1 heterocycles. The zero-order valence-corrected chi connectivity index (χ0v) is 13.9. The molecule has 126 valence electrons. The first-order chi connectivity index (χ1) is 12.1. The number of Topliss-reactive ketones (excluding diaryl/α,β-unsaturated/α-hetero) is 1. The molecule has 3 rings (SSSR count). The molecule has 0 spiro atoms. The molecule has 0 fully saturated rings. The third-order valence-corrected chi connectivity index (χ3v) is 4.39. The number of hydrogen-bond acceptors (Lipinski definition) is 6. The van der Waals surface area contributed by atoms with Crippen LogP contribution in [0.5, 0.6) is 0 Å². The quantitative estimate of drug-likeness (QED) is 0.650. The van der Waals surface area contributed by atoms with Gasteiger partial charge in [0, 0.05) is 6.42 Å². The highest BCUT2D eigenvalue weighted by Crippen LogP contribution is 2.19. The first-order valence-electron chi connectivity index (χ1n) is 7.44. The van der Waals surface area contributed by atoms with E-state index in [9.17, 15) is 9.59 Å². The zero-order valence-electron chi connectivity index (χ0n) is 13.1. The van der Waals surface area contributed by atoms with E-state index in [1.807, 2.05) is 30.3 Å². The van der Waals surface area contributed by atoms with Crippen molar-refractivity contribution in [1.29, 1.82) is 0 Å². The SMILES string of the molecule is O=C(CSc1nnnn1-c1ccc(C(=O)O)cc1)Cc1ccccc1. The van der Waals surface area contributed by atoms with Gasteiger partial charge in [-0.25, -0.2) is 4.79 Å². The number of carbonyl (C=O) groups is 2. The predicted octanol–water partition coefficient (Wildman–Crippen LogP) is 2.26. The average Bonchev–Trinajstić information content (AvgIpc) is 3.09. The molecule has 1 aromatic heterocycles. The summed E-state index contributed by atoms with van der Waals surface area (Å²) < 4.78 is 1.48. The molecule has 0 atom stereocenters. The van der Waals surface area contributed by atoms with Crippen molar-refractivity contribution in [2.24, 2.45) is 0 Å². The number of carboxylic acid groups (broad SMARTS) is 1. The fourth-order valence-electron chi connectivity index (χ4n) is 2.20. The smallest absolute Gasteiger partial charge is 0.335 e. The first kappa shape index (κ1) is 16.8. The van der Waals surface area contributed by atoms with Crippen LogP contribution in [0.3, 0.4) is 0 Å². The summed E-state index contributed by atoms with van der Waals surface area (Å²) in [7, 11) is 0. The van der Waals surface area contributed by atoms with E-state index in [2.05, 4.69) is 15.5 Å². The highest BCUT2D eigenvalue weighted by molar-refractivity contribution is 7.99. The number of aromatic carboxylic acids is 1. The van der Waals surface area contributed by atoms with E-state index in [0.717, 1.165) is 5.56 Å². The van der Waals surface area contributed by atoms with Crippen molar-refractivity contribution in [3.63, 3.8) is 0 Å². The summed E-state index contributed by atoms with van der Waals surface area (Å²) in [5.74, 6) is -0.668. The number of thioether (sulfide) groups is 1. The van der Waals surface area contributed by atoms with E-state index in [0.29, 0.717) is 17.3 Å². The lowest BCUT2D eigenvalue weighted by atomic mass is 10.1.